The lowest BCUT2D eigenvalue weighted by Gasteiger charge is -2.15. The van der Waals surface area contributed by atoms with Crippen molar-refractivity contribution in [3.05, 3.63) is 18.1 Å². The monoisotopic (exact) mass is 179 g/mol. The molecule has 0 aliphatic rings. The molecule has 0 amide bonds. The number of halogens is 4. The van der Waals surface area contributed by atoms with E-state index in [4.69, 9.17) is 5.73 Å². The third-order valence-electron chi connectivity index (χ3n) is 1.28. The van der Waals surface area contributed by atoms with Crippen LogP contribution in [0, 0.1) is 5.95 Å². The van der Waals surface area contributed by atoms with E-state index in [-0.39, 0.29) is 0 Å². The minimum Gasteiger partial charge on any atom is -0.445 e. The molecule has 0 atom stereocenters. The van der Waals surface area contributed by atoms with Crippen LogP contribution in [-0.2, 0) is 0 Å². The summed E-state index contributed by atoms with van der Waals surface area (Å²) in [7, 11) is 0. The number of anilines is 1. The summed E-state index contributed by atoms with van der Waals surface area (Å²) in [6, 6.07) is 1.21. The first-order valence-electron chi connectivity index (χ1n) is 3.03. The average Bonchev–Trinajstić information content (AvgIpc) is 1.83. The Morgan fingerprint density at radius 1 is 1.25 bits per heavy atom. The van der Waals surface area contributed by atoms with E-state index in [0.29, 0.717) is 12.1 Å². The smallest absolute Gasteiger partial charge is 0.445 e. The van der Waals surface area contributed by atoms with E-state index in [0.717, 1.165) is 0 Å². The van der Waals surface area contributed by atoms with E-state index >= 15 is 0 Å². The zero-order chi connectivity index (χ0) is 9.35. The summed E-state index contributed by atoms with van der Waals surface area (Å²) in [4.78, 5) is 2.85. The average molecular weight is 179 g/mol. The van der Waals surface area contributed by atoms with Gasteiger partial charge < -0.3 is 18.7 Å². The molecular formula is C5H4BF4N2-. The van der Waals surface area contributed by atoms with Crippen molar-refractivity contribution >= 4 is 18.3 Å². The van der Waals surface area contributed by atoms with Gasteiger partial charge in [-0.1, -0.05) is 11.5 Å². The molecule has 0 aromatic carbocycles. The molecule has 0 saturated carbocycles. The molecule has 1 aromatic heterocycles. The van der Waals surface area contributed by atoms with Crippen LogP contribution in [-0.4, -0.2) is 12.0 Å². The molecule has 0 unspecified atom stereocenters. The molecule has 0 spiro atoms. The van der Waals surface area contributed by atoms with Gasteiger partial charge >= 0.3 is 6.98 Å². The van der Waals surface area contributed by atoms with E-state index in [2.05, 4.69) is 4.98 Å². The second-order valence-electron chi connectivity index (χ2n) is 2.18. The van der Waals surface area contributed by atoms with Crippen molar-refractivity contribution in [3.8, 4) is 0 Å². The Balaban J connectivity index is 3.19. The topological polar surface area (TPSA) is 38.9 Å². The van der Waals surface area contributed by atoms with Gasteiger partial charge in [-0.3, -0.25) is 0 Å². The molecule has 1 rings (SSSR count). The molecule has 2 nitrogen and oxygen atoms in total. The Bertz CT molecular complexity index is 298. The first-order valence-corrected chi connectivity index (χ1v) is 3.03. The maximum Gasteiger partial charge on any atom is 0.513 e. The maximum absolute atomic E-state index is 12.2. The van der Waals surface area contributed by atoms with Crippen LogP contribution >= 0.6 is 0 Å². The summed E-state index contributed by atoms with van der Waals surface area (Å²) < 4.78 is 48.2. The molecule has 2 N–H and O–H groups in total. The molecular weight excluding hydrogens is 175 g/mol. The molecule has 7 heteroatoms. The normalized spacial score (nSPS) is 11.7. The van der Waals surface area contributed by atoms with Gasteiger partial charge in [0, 0.05) is 0 Å². The number of aromatic nitrogens is 1. The molecule has 12 heavy (non-hydrogen) atoms. The zero-order valence-electron chi connectivity index (χ0n) is 5.77. The minimum absolute atomic E-state index is 0.581. The minimum atomic E-state index is -5.20. The first kappa shape index (κ1) is 8.83. The zero-order valence-corrected chi connectivity index (χ0v) is 5.77. The summed E-state index contributed by atoms with van der Waals surface area (Å²) in [6.45, 7) is -5.20. The van der Waals surface area contributed by atoms with Crippen molar-refractivity contribution in [1.82, 2.24) is 4.98 Å². The first-order chi connectivity index (χ1) is 5.41. The Morgan fingerprint density at radius 2 is 1.83 bits per heavy atom. The number of hydrogen-bond acceptors (Lipinski definition) is 2. The molecule has 0 fully saturated rings. The quantitative estimate of drug-likeness (QED) is 0.394. The van der Waals surface area contributed by atoms with Crippen LogP contribution in [0.15, 0.2) is 12.1 Å². The van der Waals surface area contributed by atoms with Crippen molar-refractivity contribution in [1.29, 1.82) is 0 Å². The van der Waals surface area contributed by atoms with Gasteiger partial charge in [0.15, 0.2) is 0 Å². The van der Waals surface area contributed by atoms with Gasteiger partial charge in [0.05, 0.1) is 5.82 Å². The van der Waals surface area contributed by atoms with Crippen LogP contribution in [0.4, 0.5) is 23.2 Å². The van der Waals surface area contributed by atoms with Gasteiger partial charge in [0.25, 0.3) is 0 Å². The fourth-order valence-corrected chi connectivity index (χ4v) is 0.738. The van der Waals surface area contributed by atoms with Crippen molar-refractivity contribution in [3.63, 3.8) is 0 Å². The van der Waals surface area contributed by atoms with Gasteiger partial charge in [-0.15, -0.1) is 0 Å². The van der Waals surface area contributed by atoms with E-state index in [1.807, 2.05) is 0 Å². The van der Waals surface area contributed by atoms with Gasteiger partial charge in [-0.05, 0) is 6.07 Å². The third-order valence-corrected chi connectivity index (χ3v) is 1.28. The summed E-state index contributed by atoms with van der Waals surface area (Å²) in [5.74, 6) is -1.83. The lowest BCUT2D eigenvalue weighted by Crippen LogP contribution is -2.36. The van der Waals surface area contributed by atoms with Gasteiger partial charge in [-0.2, -0.15) is 4.39 Å². The van der Waals surface area contributed by atoms with Gasteiger partial charge in [-0.25, -0.2) is 4.98 Å². The molecule has 1 heterocycles. The van der Waals surface area contributed by atoms with E-state index in [1.165, 1.54) is 0 Å². The molecule has 0 aliphatic heterocycles. The number of nitrogen functional groups attached to an aromatic ring is 1. The summed E-state index contributed by atoms with van der Waals surface area (Å²) in [6.07, 6.45) is 0. The predicted octanol–water partition coefficient (Wildman–Crippen LogP) is 0.857. The standard InChI is InChI=1S/C5H4BF4N2/c7-4-2-1-3(5(11)12-4)6(8,9)10/h1-2H,(H2,11,12)/q-1. The largest absolute Gasteiger partial charge is 0.513 e. The Kier molecular flexibility index (Phi) is 1.95. The number of nitrogens with zero attached hydrogens (tertiary/aromatic N) is 1. The highest BCUT2D eigenvalue weighted by Gasteiger charge is 2.28. The van der Waals surface area contributed by atoms with E-state index in [9.17, 15) is 17.3 Å². The Hall–Kier alpha value is -1.27. The summed E-state index contributed by atoms with van der Waals surface area (Å²) >= 11 is 0. The third kappa shape index (κ3) is 1.66. The number of hydrogen-bond donors (Lipinski definition) is 1. The van der Waals surface area contributed by atoms with Crippen LogP contribution in [0.1, 0.15) is 0 Å². The predicted molar refractivity (Wildman–Crippen MR) is 37.3 cm³/mol. The second-order valence-corrected chi connectivity index (χ2v) is 2.18. The van der Waals surface area contributed by atoms with Crippen LogP contribution in [0.3, 0.4) is 0 Å². The van der Waals surface area contributed by atoms with Crippen molar-refractivity contribution in [2.45, 2.75) is 0 Å². The lowest BCUT2D eigenvalue weighted by molar-refractivity contribution is 0.500. The van der Waals surface area contributed by atoms with Crippen LogP contribution in [0.25, 0.3) is 0 Å². The van der Waals surface area contributed by atoms with Crippen molar-refractivity contribution in [2.24, 2.45) is 0 Å². The fraction of sp³-hybridized carbons (Fsp3) is 0. The number of pyridine rings is 1. The van der Waals surface area contributed by atoms with Gasteiger partial charge in [0.2, 0.25) is 5.95 Å². The highest BCUT2D eigenvalue weighted by atomic mass is 19.4. The lowest BCUT2D eigenvalue weighted by atomic mass is 9.80. The highest BCUT2D eigenvalue weighted by Crippen LogP contribution is 2.11. The molecule has 0 bridgehead atoms. The van der Waals surface area contributed by atoms with E-state index < -0.39 is 24.2 Å². The molecule has 1 aromatic rings. The second kappa shape index (κ2) is 2.65. The van der Waals surface area contributed by atoms with Crippen LogP contribution < -0.4 is 11.2 Å². The van der Waals surface area contributed by atoms with Crippen LogP contribution in [0.2, 0.25) is 0 Å². The van der Waals surface area contributed by atoms with Crippen LogP contribution in [0.5, 0.6) is 0 Å². The maximum atomic E-state index is 12.2. The van der Waals surface area contributed by atoms with E-state index in [1.54, 1.807) is 0 Å². The Labute approximate surface area is 65.5 Å². The summed E-state index contributed by atoms with van der Waals surface area (Å²) in [5, 5.41) is 0. The summed E-state index contributed by atoms with van der Waals surface area (Å²) in [5.41, 5.74) is 3.79. The molecule has 66 valence electrons. The molecule has 0 aliphatic carbocycles. The highest BCUT2D eigenvalue weighted by molar-refractivity contribution is 6.74. The molecule has 0 saturated heterocycles. The SMILES string of the molecule is Nc1nc(F)ccc1[B-](F)(F)F. The van der Waals surface area contributed by atoms with Gasteiger partial charge in [0.1, 0.15) is 0 Å². The number of rotatable bonds is 1. The fourth-order valence-electron chi connectivity index (χ4n) is 0.738. The van der Waals surface area contributed by atoms with Crippen molar-refractivity contribution < 1.29 is 17.3 Å². The Morgan fingerprint density at radius 3 is 2.25 bits per heavy atom. The van der Waals surface area contributed by atoms with Crippen molar-refractivity contribution in [2.75, 3.05) is 5.73 Å². The molecule has 0 radical (unpaired) electrons. The number of nitrogens with two attached hydrogens (primary N) is 1.